The van der Waals surface area contributed by atoms with Crippen LogP contribution >= 0.6 is 11.8 Å². The van der Waals surface area contributed by atoms with Crippen molar-refractivity contribution in [2.75, 3.05) is 26.2 Å². The van der Waals surface area contributed by atoms with Crippen LogP contribution in [0.25, 0.3) is 0 Å². The van der Waals surface area contributed by atoms with Gasteiger partial charge in [-0.15, -0.1) is 0 Å². The number of hydrogen-bond donors (Lipinski definition) is 0. The molecule has 1 aliphatic heterocycles. The molecule has 0 bridgehead atoms. The molecule has 2 fully saturated rings. The van der Waals surface area contributed by atoms with Crippen LogP contribution in [0.5, 0.6) is 0 Å². The SMILES string of the molecule is O=C(CCC1CCCCC1)N1CCN(C(=O)c2cccnc2SC(F)F)CC1. The maximum absolute atomic E-state index is 12.7. The van der Waals surface area contributed by atoms with Gasteiger partial charge in [-0.3, -0.25) is 9.59 Å². The van der Waals surface area contributed by atoms with Gasteiger partial charge in [0.2, 0.25) is 5.91 Å². The molecule has 1 aromatic rings. The standard InChI is InChI=1S/C20H27F2N3O2S/c21-20(22)28-18-16(7-4-10-23-18)19(27)25-13-11-24(12-14-25)17(26)9-8-15-5-2-1-3-6-15/h4,7,10,15,20H,1-3,5-6,8-9,11-14H2. The van der Waals surface area contributed by atoms with Gasteiger partial charge in [0.15, 0.2) is 0 Å². The molecular weight excluding hydrogens is 384 g/mol. The zero-order valence-corrected chi connectivity index (χ0v) is 16.8. The minimum Gasteiger partial charge on any atom is -0.339 e. The Morgan fingerprint density at radius 1 is 1.11 bits per heavy atom. The van der Waals surface area contributed by atoms with E-state index >= 15 is 0 Å². The molecule has 0 radical (unpaired) electrons. The molecular formula is C20H27F2N3O2S. The highest BCUT2D eigenvalue weighted by Crippen LogP contribution is 2.28. The van der Waals surface area contributed by atoms with Crippen molar-refractivity contribution in [2.45, 2.75) is 55.7 Å². The number of rotatable bonds is 6. The molecule has 2 heterocycles. The molecule has 0 atom stereocenters. The summed E-state index contributed by atoms with van der Waals surface area (Å²) in [4.78, 5) is 32.6. The highest BCUT2D eigenvalue weighted by atomic mass is 32.2. The minimum absolute atomic E-state index is 0.0495. The first-order chi connectivity index (χ1) is 13.5. The Morgan fingerprint density at radius 3 is 2.46 bits per heavy atom. The summed E-state index contributed by atoms with van der Waals surface area (Å²) in [7, 11) is 0. The summed E-state index contributed by atoms with van der Waals surface area (Å²) in [5.41, 5.74) is 0.199. The number of amides is 2. The third kappa shape index (κ3) is 5.65. The topological polar surface area (TPSA) is 53.5 Å². The number of carbonyl (C=O) groups is 2. The number of aromatic nitrogens is 1. The Kier molecular flexibility index (Phi) is 7.65. The van der Waals surface area contributed by atoms with Gasteiger partial charge >= 0.3 is 0 Å². The lowest BCUT2D eigenvalue weighted by molar-refractivity contribution is -0.133. The van der Waals surface area contributed by atoms with E-state index in [1.807, 2.05) is 4.90 Å². The van der Waals surface area contributed by atoms with E-state index in [0.717, 1.165) is 6.42 Å². The van der Waals surface area contributed by atoms with E-state index in [-0.39, 0.29) is 34.2 Å². The second-order valence-electron chi connectivity index (χ2n) is 7.45. The molecule has 2 aliphatic rings. The van der Waals surface area contributed by atoms with E-state index in [9.17, 15) is 18.4 Å². The molecule has 1 saturated heterocycles. The van der Waals surface area contributed by atoms with Gasteiger partial charge in [0.05, 0.1) is 5.56 Å². The van der Waals surface area contributed by atoms with Crippen LogP contribution in [-0.4, -0.2) is 58.5 Å². The summed E-state index contributed by atoms with van der Waals surface area (Å²) in [6.07, 6.45) is 9.29. The number of thioether (sulfide) groups is 1. The Morgan fingerprint density at radius 2 is 1.79 bits per heavy atom. The van der Waals surface area contributed by atoms with Gasteiger partial charge in [-0.25, -0.2) is 4.98 Å². The van der Waals surface area contributed by atoms with Crippen LogP contribution < -0.4 is 0 Å². The Bertz CT molecular complexity index is 675. The highest BCUT2D eigenvalue weighted by molar-refractivity contribution is 7.99. The largest absolute Gasteiger partial charge is 0.339 e. The normalized spacial score (nSPS) is 18.5. The van der Waals surface area contributed by atoms with Crippen LogP contribution in [0.15, 0.2) is 23.4 Å². The van der Waals surface area contributed by atoms with E-state index in [1.54, 1.807) is 11.0 Å². The zero-order valence-electron chi connectivity index (χ0n) is 16.0. The Labute approximate surface area is 168 Å². The van der Waals surface area contributed by atoms with E-state index in [0.29, 0.717) is 38.5 Å². The van der Waals surface area contributed by atoms with Gasteiger partial charge in [-0.2, -0.15) is 8.78 Å². The molecule has 3 rings (SSSR count). The monoisotopic (exact) mass is 411 g/mol. The Hall–Kier alpha value is -1.70. The second-order valence-corrected chi connectivity index (χ2v) is 8.43. The van der Waals surface area contributed by atoms with E-state index in [2.05, 4.69) is 4.98 Å². The molecule has 0 unspecified atom stereocenters. The highest BCUT2D eigenvalue weighted by Gasteiger charge is 2.27. The van der Waals surface area contributed by atoms with Crippen molar-refractivity contribution in [3.05, 3.63) is 23.9 Å². The molecule has 5 nitrogen and oxygen atoms in total. The summed E-state index contributed by atoms with van der Waals surface area (Å²) in [6, 6.07) is 3.11. The summed E-state index contributed by atoms with van der Waals surface area (Å²) in [5.74, 6) is -2.09. The molecule has 0 aromatic carbocycles. The fourth-order valence-electron chi connectivity index (χ4n) is 4.02. The fourth-order valence-corrected chi connectivity index (χ4v) is 4.60. The van der Waals surface area contributed by atoms with Crippen molar-refractivity contribution in [3.8, 4) is 0 Å². The van der Waals surface area contributed by atoms with Crippen molar-refractivity contribution in [1.29, 1.82) is 0 Å². The van der Waals surface area contributed by atoms with Crippen LogP contribution in [0.4, 0.5) is 8.78 Å². The van der Waals surface area contributed by atoms with Gasteiger partial charge in [-0.1, -0.05) is 32.1 Å². The minimum atomic E-state index is -2.62. The lowest BCUT2D eigenvalue weighted by Crippen LogP contribution is -2.50. The van der Waals surface area contributed by atoms with Gasteiger partial charge in [0, 0.05) is 38.8 Å². The second kappa shape index (κ2) is 10.2. The van der Waals surface area contributed by atoms with E-state index < -0.39 is 5.76 Å². The van der Waals surface area contributed by atoms with E-state index in [4.69, 9.17) is 0 Å². The van der Waals surface area contributed by atoms with Crippen molar-refractivity contribution < 1.29 is 18.4 Å². The maximum Gasteiger partial charge on any atom is 0.290 e. The first kappa shape index (κ1) is 21.0. The van der Waals surface area contributed by atoms with Crippen molar-refractivity contribution >= 4 is 23.6 Å². The summed E-state index contributed by atoms with van der Waals surface area (Å²) in [5, 5.41) is 0.0495. The lowest BCUT2D eigenvalue weighted by atomic mass is 9.86. The average molecular weight is 412 g/mol. The van der Waals surface area contributed by atoms with Crippen LogP contribution in [0.2, 0.25) is 0 Å². The smallest absolute Gasteiger partial charge is 0.290 e. The van der Waals surface area contributed by atoms with E-state index in [1.165, 1.54) is 44.4 Å². The molecule has 28 heavy (non-hydrogen) atoms. The van der Waals surface area contributed by atoms with Gasteiger partial charge in [-0.05, 0) is 36.2 Å². The molecule has 154 valence electrons. The Balaban J connectivity index is 1.49. The van der Waals surface area contributed by atoms with Crippen molar-refractivity contribution in [1.82, 2.24) is 14.8 Å². The third-order valence-electron chi connectivity index (χ3n) is 5.61. The zero-order chi connectivity index (χ0) is 19.9. The first-order valence-corrected chi connectivity index (χ1v) is 10.9. The number of hydrogen-bond acceptors (Lipinski definition) is 4. The van der Waals surface area contributed by atoms with Gasteiger partial charge in [0.1, 0.15) is 5.03 Å². The number of nitrogens with zero attached hydrogens (tertiary/aromatic N) is 3. The van der Waals surface area contributed by atoms with Gasteiger partial charge in [0.25, 0.3) is 11.7 Å². The van der Waals surface area contributed by atoms with Crippen LogP contribution in [0.1, 0.15) is 55.3 Å². The molecule has 1 saturated carbocycles. The first-order valence-electron chi connectivity index (χ1n) is 10.0. The maximum atomic E-state index is 12.7. The van der Waals surface area contributed by atoms with Crippen LogP contribution in [-0.2, 0) is 4.79 Å². The summed E-state index contributed by atoms with van der Waals surface area (Å²) < 4.78 is 25.4. The van der Waals surface area contributed by atoms with Gasteiger partial charge < -0.3 is 9.80 Å². The molecule has 2 amide bonds. The molecule has 1 aliphatic carbocycles. The number of pyridine rings is 1. The number of piperazine rings is 1. The molecule has 1 aromatic heterocycles. The quantitative estimate of drug-likeness (QED) is 0.663. The number of alkyl halides is 2. The predicted molar refractivity (Wildman–Crippen MR) is 104 cm³/mol. The van der Waals surface area contributed by atoms with Crippen molar-refractivity contribution in [3.63, 3.8) is 0 Å². The van der Waals surface area contributed by atoms with Crippen LogP contribution in [0, 0.1) is 5.92 Å². The summed E-state index contributed by atoms with van der Waals surface area (Å²) in [6.45, 7) is 1.82. The lowest BCUT2D eigenvalue weighted by Gasteiger charge is -2.35. The number of carbonyl (C=O) groups excluding carboxylic acids is 2. The molecule has 0 spiro atoms. The third-order valence-corrected chi connectivity index (χ3v) is 6.34. The predicted octanol–water partition coefficient (Wildman–Crippen LogP) is 4.04. The molecule has 0 N–H and O–H groups in total. The molecule has 8 heteroatoms. The fraction of sp³-hybridized carbons (Fsp3) is 0.650. The van der Waals surface area contributed by atoms with Crippen LogP contribution in [0.3, 0.4) is 0 Å². The average Bonchev–Trinajstić information content (AvgIpc) is 2.72. The summed E-state index contributed by atoms with van der Waals surface area (Å²) >= 11 is 0.286. The van der Waals surface area contributed by atoms with Crippen molar-refractivity contribution in [2.24, 2.45) is 5.92 Å². The number of halogens is 2.